The summed E-state index contributed by atoms with van der Waals surface area (Å²) in [6, 6.07) is 12.3. The lowest BCUT2D eigenvalue weighted by atomic mass is 10.3. The second-order valence-electron chi connectivity index (χ2n) is 4.17. The van der Waals surface area contributed by atoms with Gasteiger partial charge in [0.05, 0.1) is 21.8 Å². The van der Waals surface area contributed by atoms with Crippen molar-refractivity contribution in [3.05, 3.63) is 45.6 Å². The highest BCUT2D eigenvalue weighted by Crippen LogP contribution is 2.26. The van der Waals surface area contributed by atoms with E-state index in [1.54, 1.807) is 30.3 Å². The Morgan fingerprint density at radius 2 is 2.09 bits per heavy atom. The van der Waals surface area contributed by atoms with Crippen molar-refractivity contribution < 1.29 is 14.3 Å². The molecule has 0 unspecified atom stereocenters. The summed E-state index contributed by atoms with van der Waals surface area (Å²) in [4.78, 5) is 24.7. The zero-order chi connectivity index (χ0) is 16.7. The molecule has 0 saturated carbocycles. The SMILES string of the molecule is N#CCSc1ccccc1NC(=O)COC(=O)c1ccc(Cl)s1. The monoisotopic (exact) mass is 366 g/mol. The van der Waals surface area contributed by atoms with Crippen molar-refractivity contribution in [1.29, 1.82) is 5.26 Å². The molecule has 23 heavy (non-hydrogen) atoms. The Morgan fingerprint density at radius 3 is 2.78 bits per heavy atom. The van der Waals surface area contributed by atoms with Gasteiger partial charge < -0.3 is 10.1 Å². The molecule has 0 fully saturated rings. The van der Waals surface area contributed by atoms with Crippen LogP contribution in [0.15, 0.2) is 41.3 Å². The maximum absolute atomic E-state index is 11.9. The number of thiophene rings is 1. The summed E-state index contributed by atoms with van der Waals surface area (Å²) in [5, 5.41) is 11.3. The molecule has 2 rings (SSSR count). The van der Waals surface area contributed by atoms with Gasteiger partial charge in [-0.15, -0.1) is 23.1 Å². The molecular formula is C15H11ClN2O3S2. The smallest absolute Gasteiger partial charge is 0.348 e. The number of halogens is 1. The standard InChI is InChI=1S/C15H11ClN2O3S2/c16-13-6-5-12(23-13)15(20)21-9-14(19)18-10-3-1-2-4-11(10)22-8-7-17/h1-6H,8-9H2,(H,18,19). The van der Waals surface area contributed by atoms with Crippen LogP contribution in [0.3, 0.4) is 0 Å². The van der Waals surface area contributed by atoms with Gasteiger partial charge in [-0.25, -0.2) is 4.79 Å². The Kier molecular flexibility index (Phi) is 6.47. The summed E-state index contributed by atoms with van der Waals surface area (Å²) in [6.45, 7) is -0.397. The number of thioether (sulfide) groups is 1. The molecule has 0 saturated heterocycles. The summed E-state index contributed by atoms with van der Waals surface area (Å²) in [6.07, 6.45) is 0. The first kappa shape index (κ1) is 17.3. The quantitative estimate of drug-likeness (QED) is 0.621. The van der Waals surface area contributed by atoms with E-state index in [-0.39, 0.29) is 5.75 Å². The van der Waals surface area contributed by atoms with Gasteiger partial charge in [-0.05, 0) is 24.3 Å². The lowest BCUT2D eigenvalue weighted by molar-refractivity contribution is -0.119. The van der Waals surface area contributed by atoms with Gasteiger partial charge >= 0.3 is 5.97 Å². The fraction of sp³-hybridized carbons (Fsp3) is 0.133. The van der Waals surface area contributed by atoms with E-state index >= 15 is 0 Å². The number of carbonyl (C=O) groups is 2. The Morgan fingerprint density at radius 1 is 1.30 bits per heavy atom. The first-order valence-electron chi connectivity index (χ1n) is 6.41. The second-order valence-corrected chi connectivity index (χ2v) is 6.90. The normalized spacial score (nSPS) is 9.91. The number of esters is 1. The summed E-state index contributed by atoms with van der Waals surface area (Å²) in [5.74, 6) is -0.767. The third-order valence-electron chi connectivity index (χ3n) is 2.56. The molecule has 5 nitrogen and oxygen atoms in total. The second kappa shape index (κ2) is 8.58. The van der Waals surface area contributed by atoms with Crippen molar-refractivity contribution in [3.8, 4) is 6.07 Å². The summed E-state index contributed by atoms with van der Waals surface area (Å²) >= 11 is 8.14. The number of hydrogen-bond acceptors (Lipinski definition) is 6. The Hall–Kier alpha value is -2.01. The van der Waals surface area contributed by atoms with Crippen LogP contribution in [0.2, 0.25) is 4.34 Å². The number of amides is 1. The van der Waals surface area contributed by atoms with E-state index in [0.717, 1.165) is 16.2 Å². The molecule has 1 N–H and O–H groups in total. The van der Waals surface area contributed by atoms with E-state index in [0.29, 0.717) is 14.9 Å². The number of nitriles is 1. The number of benzene rings is 1. The fourth-order valence-corrected chi connectivity index (χ4v) is 3.22. The minimum Gasteiger partial charge on any atom is -0.451 e. The number of nitrogens with one attached hydrogen (secondary N) is 1. The first-order valence-corrected chi connectivity index (χ1v) is 8.59. The molecule has 1 aromatic heterocycles. The number of hydrogen-bond donors (Lipinski definition) is 1. The van der Waals surface area contributed by atoms with Gasteiger partial charge in [0, 0.05) is 4.90 Å². The molecule has 2 aromatic rings. The van der Waals surface area contributed by atoms with Crippen molar-refractivity contribution in [1.82, 2.24) is 0 Å². The minimum absolute atomic E-state index is 0.279. The van der Waals surface area contributed by atoms with Crippen molar-refractivity contribution >= 4 is 52.3 Å². The van der Waals surface area contributed by atoms with Gasteiger partial charge in [-0.2, -0.15) is 5.26 Å². The highest BCUT2D eigenvalue weighted by molar-refractivity contribution is 7.99. The van der Waals surface area contributed by atoms with Crippen LogP contribution in [-0.2, 0) is 9.53 Å². The molecule has 118 valence electrons. The topological polar surface area (TPSA) is 79.2 Å². The molecule has 1 aromatic carbocycles. The highest BCUT2D eigenvalue weighted by Gasteiger charge is 2.13. The van der Waals surface area contributed by atoms with E-state index in [4.69, 9.17) is 21.6 Å². The predicted octanol–water partition coefficient (Wildman–Crippen LogP) is 3.81. The van der Waals surface area contributed by atoms with Crippen molar-refractivity contribution in [3.63, 3.8) is 0 Å². The van der Waals surface area contributed by atoms with E-state index < -0.39 is 18.5 Å². The largest absolute Gasteiger partial charge is 0.451 e. The first-order chi connectivity index (χ1) is 11.1. The van der Waals surface area contributed by atoms with Crippen molar-refractivity contribution in [2.75, 3.05) is 17.7 Å². The van der Waals surface area contributed by atoms with Crippen LogP contribution < -0.4 is 5.32 Å². The van der Waals surface area contributed by atoms with E-state index in [1.807, 2.05) is 12.1 Å². The zero-order valence-corrected chi connectivity index (χ0v) is 14.1. The van der Waals surface area contributed by atoms with Crippen molar-refractivity contribution in [2.45, 2.75) is 4.90 Å². The van der Waals surface area contributed by atoms with E-state index in [1.165, 1.54) is 11.8 Å². The fourth-order valence-electron chi connectivity index (χ4n) is 1.62. The van der Waals surface area contributed by atoms with Gasteiger partial charge in [0.25, 0.3) is 5.91 Å². The van der Waals surface area contributed by atoms with Crippen LogP contribution in [0.1, 0.15) is 9.67 Å². The maximum atomic E-state index is 11.9. The molecule has 0 aliphatic heterocycles. The van der Waals surface area contributed by atoms with Crippen LogP contribution in [0.4, 0.5) is 5.69 Å². The Labute approximate surface area is 146 Å². The summed E-state index contributed by atoms with van der Waals surface area (Å²) in [7, 11) is 0. The molecule has 0 spiro atoms. The average molecular weight is 367 g/mol. The average Bonchev–Trinajstić information content (AvgIpc) is 2.98. The van der Waals surface area contributed by atoms with E-state index in [9.17, 15) is 9.59 Å². The Balaban J connectivity index is 1.90. The predicted molar refractivity (Wildman–Crippen MR) is 91.0 cm³/mol. The van der Waals surface area contributed by atoms with Crippen LogP contribution in [-0.4, -0.2) is 24.2 Å². The number of carbonyl (C=O) groups excluding carboxylic acids is 2. The molecule has 1 amide bonds. The van der Waals surface area contributed by atoms with Gasteiger partial charge in [-0.3, -0.25) is 4.79 Å². The lowest BCUT2D eigenvalue weighted by Gasteiger charge is -2.09. The molecule has 0 aliphatic carbocycles. The van der Waals surface area contributed by atoms with Crippen molar-refractivity contribution in [2.24, 2.45) is 0 Å². The number of para-hydroxylation sites is 1. The third kappa shape index (κ3) is 5.28. The molecule has 0 aliphatic rings. The highest BCUT2D eigenvalue weighted by atomic mass is 35.5. The molecule has 8 heteroatoms. The van der Waals surface area contributed by atoms with Crippen LogP contribution >= 0.6 is 34.7 Å². The molecular weight excluding hydrogens is 356 g/mol. The minimum atomic E-state index is -0.593. The number of anilines is 1. The van der Waals surface area contributed by atoms with Crippen LogP contribution in [0.5, 0.6) is 0 Å². The number of rotatable bonds is 6. The summed E-state index contributed by atoms with van der Waals surface area (Å²) in [5.41, 5.74) is 0.577. The lowest BCUT2D eigenvalue weighted by Crippen LogP contribution is -2.20. The van der Waals surface area contributed by atoms with Gasteiger partial charge in [0.1, 0.15) is 4.88 Å². The van der Waals surface area contributed by atoms with Gasteiger partial charge in [0.2, 0.25) is 0 Å². The van der Waals surface area contributed by atoms with Gasteiger partial charge in [-0.1, -0.05) is 23.7 Å². The molecule has 1 heterocycles. The van der Waals surface area contributed by atoms with E-state index in [2.05, 4.69) is 5.32 Å². The molecule has 0 radical (unpaired) electrons. The maximum Gasteiger partial charge on any atom is 0.348 e. The third-order valence-corrected chi connectivity index (χ3v) is 4.71. The zero-order valence-electron chi connectivity index (χ0n) is 11.7. The Bertz CT molecular complexity index is 755. The number of nitrogens with zero attached hydrogens (tertiary/aromatic N) is 1. The molecule has 0 atom stereocenters. The summed E-state index contributed by atoms with van der Waals surface area (Å²) < 4.78 is 5.41. The molecule has 0 bridgehead atoms. The van der Waals surface area contributed by atoms with Crippen LogP contribution in [0, 0.1) is 11.3 Å². The van der Waals surface area contributed by atoms with Gasteiger partial charge in [0.15, 0.2) is 6.61 Å². The number of ether oxygens (including phenoxy) is 1. The van der Waals surface area contributed by atoms with Crippen LogP contribution in [0.25, 0.3) is 0 Å².